The second-order valence-electron chi connectivity index (χ2n) is 5.51. The van der Waals surface area contributed by atoms with Crippen molar-refractivity contribution in [2.24, 2.45) is 0 Å². The standard InChI is InChI=1S/C20H24N2O3/c1-3-22(15-16-10-6-5-7-11-16)19(23)14-21-18-13-9-8-12-17(18)20(24)25-4-2/h5-13,21H,3-4,14-15H2,1-2H3. The van der Waals surface area contributed by atoms with Gasteiger partial charge in [-0.1, -0.05) is 42.5 Å². The lowest BCUT2D eigenvalue weighted by atomic mass is 10.1. The van der Waals surface area contributed by atoms with Crippen molar-refractivity contribution in [3.8, 4) is 0 Å². The van der Waals surface area contributed by atoms with Gasteiger partial charge in [0, 0.05) is 18.8 Å². The first kappa shape index (κ1) is 18.5. The summed E-state index contributed by atoms with van der Waals surface area (Å²) in [5.41, 5.74) is 2.12. The summed E-state index contributed by atoms with van der Waals surface area (Å²) < 4.78 is 5.05. The van der Waals surface area contributed by atoms with Crippen LogP contribution in [0.25, 0.3) is 0 Å². The van der Waals surface area contributed by atoms with Gasteiger partial charge in [-0.2, -0.15) is 0 Å². The Balaban J connectivity index is 2.00. The highest BCUT2D eigenvalue weighted by molar-refractivity contribution is 5.96. The zero-order chi connectivity index (χ0) is 18.1. The van der Waals surface area contributed by atoms with E-state index < -0.39 is 5.97 Å². The molecule has 5 heteroatoms. The minimum atomic E-state index is -0.394. The van der Waals surface area contributed by atoms with Crippen LogP contribution in [-0.2, 0) is 16.1 Å². The molecular weight excluding hydrogens is 316 g/mol. The normalized spacial score (nSPS) is 10.2. The van der Waals surface area contributed by atoms with E-state index in [0.29, 0.717) is 30.9 Å². The molecule has 2 rings (SSSR count). The number of hydrogen-bond donors (Lipinski definition) is 1. The fourth-order valence-electron chi connectivity index (χ4n) is 2.49. The lowest BCUT2D eigenvalue weighted by Crippen LogP contribution is -2.35. The van der Waals surface area contributed by atoms with Crippen LogP contribution in [0.5, 0.6) is 0 Å². The SMILES string of the molecule is CCOC(=O)c1ccccc1NCC(=O)N(CC)Cc1ccccc1. The number of rotatable bonds is 8. The van der Waals surface area contributed by atoms with Crippen molar-refractivity contribution in [3.63, 3.8) is 0 Å². The molecule has 0 aliphatic heterocycles. The number of hydrogen-bond acceptors (Lipinski definition) is 4. The van der Waals surface area contributed by atoms with Gasteiger partial charge in [0.15, 0.2) is 0 Å². The van der Waals surface area contributed by atoms with Crippen LogP contribution in [0.15, 0.2) is 54.6 Å². The number of esters is 1. The third kappa shape index (κ3) is 5.35. The van der Waals surface area contributed by atoms with Crippen LogP contribution in [0.4, 0.5) is 5.69 Å². The van der Waals surface area contributed by atoms with E-state index in [4.69, 9.17) is 4.74 Å². The van der Waals surface area contributed by atoms with E-state index in [2.05, 4.69) is 5.32 Å². The summed E-state index contributed by atoms with van der Waals surface area (Å²) in [4.78, 5) is 26.3. The molecule has 0 saturated carbocycles. The van der Waals surface area contributed by atoms with Crippen LogP contribution in [0.2, 0.25) is 0 Å². The molecule has 0 heterocycles. The third-order valence-corrected chi connectivity index (χ3v) is 3.80. The van der Waals surface area contributed by atoms with Gasteiger partial charge in [-0.05, 0) is 31.5 Å². The Kier molecular flexibility index (Phi) is 7.01. The van der Waals surface area contributed by atoms with Gasteiger partial charge in [0.2, 0.25) is 5.91 Å². The zero-order valence-corrected chi connectivity index (χ0v) is 14.7. The van der Waals surface area contributed by atoms with Crippen LogP contribution in [-0.4, -0.2) is 36.5 Å². The van der Waals surface area contributed by atoms with Gasteiger partial charge in [-0.25, -0.2) is 4.79 Å². The molecular formula is C20H24N2O3. The van der Waals surface area contributed by atoms with Gasteiger partial charge >= 0.3 is 5.97 Å². The number of carbonyl (C=O) groups excluding carboxylic acids is 2. The van der Waals surface area contributed by atoms with E-state index in [0.717, 1.165) is 5.56 Å². The molecule has 0 aromatic heterocycles. The molecule has 0 atom stereocenters. The van der Waals surface area contributed by atoms with Crippen LogP contribution >= 0.6 is 0 Å². The molecule has 0 aliphatic carbocycles. The number of nitrogens with one attached hydrogen (secondary N) is 1. The van der Waals surface area contributed by atoms with Gasteiger partial charge in [0.05, 0.1) is 18.7 Å². The van der Waals surface area contributed by atoms with Gasteiger partial charge in [-0.3, -0.25) is 4.79 Å². The van der Waals surface area contributed by atoms with Gasteiger partial charge in [0.1, 0.15) is 0 Å². The van der Waals surface area contributed by atoms with Gasteiger partial charge in [0.25, 0.3) is 0 Å². The second kappa shape index (κ2) is 9.47. The Morgan fingerprint density at radius 3 is 2.36 bits per heavy atom. The molecule has 2 aromatic rings. The van der Waals surface area contributed by atoms with E-state index in [1.165, 1.54) is 0 Å². The average Bonchev–Trinajstić information content (AvgIpc) is 2.65. The summed E-state index contributed by atoms with van der Waals surface area (Å²) in [6.45, 7) is 5.34. The predicted molar refractivity (Wildman–Crippen MR) is 98.4 cm³/mol. The average molecular weight is 340 g/mol. The summed E-state index contributed by atoms with van der Waals surface area (Å²) >= 11 is 0. The lowest BCUT2D eigenvalue weighted by Gasteiger charge is -2.22. The van der Waals surface area contributed by atoms with Crippen LogP contribution < -0.4 is 5.32 Å². The summed E-state index contributed by atoms with van der Waals surface area (Å²) in [7, 11) is 0. The summed E-state index contributed by atoms with van der Waals surface area (Å²) in [5, 5.41) is 3.06. The number of amides is 1. The molecule has 0 spiro atoms. The minimum Gasteiger partial charge on any atom is -0.462 e. The number of likely N-dealkylation sites (N-methyl/N-ethyl adjacent to an activating group) is 1. The number of benzene rings is 2. The maximum Gasteiger partial charge on any atom is 0.340 e. The van der Waals surface area contributed by atoms with E-state index in [-0.39, 0.29) is 12.5 Å². The molecule has 25 heavy (non-hydrogen) atoms. The van der Waals surface area contributed by atoms with Gasteiger partial charge < -0.3 is 15.0 Å². The van der Waals surface area contributed by atoms with Crippen molar-refractivity contribution in [1.29, 1.82) is 0 Å². The van der Waals surface area contributed by atoms with Crippen molar-refractivity contribution in [3.05, 3.63) is 65.7 Å². The zero-order valence-electron chi connectivity index (χ0n) is 14.7. The van der Waals surface area contributed by atoms with Crippen molar-refractivity contribution < 1.29 is 14.3 Å². The molecule has 1 amide bonds. The van der Waals surface area contributed by atoms with Gasteiger partial charge in [-0.15, -0.1) is 0 Å². The highest BCUT2D eigenvalue weighted by Crippen LogP contribution is 2.16. The minimum absolute atomic E-state index is 0.0231. The van der Waals surface area contributed by atoms with E-state index in [1.54, 1.807) is 30.0 Å². The Morgan fingerprint density at radius 1 is 1.00 bits per heavy atom. The fourth-order valence-corrected chi connectivity index (χ4v) is 2.49. The Bertz CT molecular complexity index is 701. The Hall–Kier alpha value is -2.82. The highest BCUT2D eigenvalue weighted by Gasteiger charge is 2.15. The number of nitrogens with zero attached hydrogens (tertiary/aromatic N) is 1. The molecule has 0 bridgehead atoms. The Morgan fingerprint density at radius 2 is 1.68 bits per heavy atom. The smallest absolute Gasteiger partial charge is 0.340 e. The predicted octanol–water partition coefficient (Wildman–Crippen LogP) is 3.32. The van der Waals surface area contributed by atoms with E-state index in [1.807, 2.05) is 43.3 Å². The van der Waals surface area contributed by atoms with Crippen LogP contribution in [0, 0.1) is 0 Å². The lowest BCUT2D eigenvalue weighted by molar-refractivity contribution is -0.129. The number of ether oxygens (including phenoxy) is 1. The first-order valence-corrected chi connectivity index (χ1v) is 8.47. The summed E-state index contributed by atoms with van der Waals surface area (Å²) in [6.07, 6.45) is 0. The maximum atomic E-state index is 12.5. The topological polar surface area (TPSA) is 58.6 Å². The highest BCUT2D eigenvalue weighted by atomic mass is 16.5. The second-order valence-corrected chi connectivity index (χ2v) is 5.51. The fraction of sp³-hybridized carbons (Fsp3) is 0.300. The molecule has 0 aliphatic rings. The van der Waals surface area contributed by atoms with Crippen LogP contribution in [0.1, 0.15) is 29.8 Å². The number of carbonyl (C=O) groups is 2. The number of anilines is 1. The van der Waals surface area contributed by atoms with E-state index in [9.17, 15) is 9.59 Å². The summed E-state index contributed by atoms with van der Waals surface area (Å²) in [5.74, 6) is -0.417. The van der Waals surface area contributed by atoms with Crippen molar-refractivity contribution >= 4 is 17.6 Å². The first-order valence-electron chi connectivity index (χ1n) is 8.47. The largest absolute Gasteiger partial charge is 0.462 e. The molecule has 0 fully saturated rings. The molecule has 0 saturated heterocycles. The van der Waals surface area contributed by atoms with Crippen molar-refractivity contribution in [2.75, 3.05) is 25.0 Å². The van der Waals surface area contributed by atoms with E-state index >= 15 is 0 Å². The molecule has 0 radical (unpaired) electrons. The third-order valence-electron chi connectivity index (χ3n) is 3.80. The van der Waals surface area contributed by atoms with Crippen molar-refractivity contribution in [1.82, 2.24) is 4.90 Å². The molecule has 0 unspecified atom stereocenters. The first-order chi connectivity index (χ1) is 12.2. The number of para-hydroxylation sites is 1. The monoisotopic (exact) mass is 340 g/mol. The quantitative estimate of drug-likeness (QED) is 0.749. The molecule has 1 N–H and O–H groups in total. The maximum absolute atomic E-state index is 12.5. The molecule has 5 nitrogen and oxygen atoms in total. The summed E-state index contributed by atoms with van der Waals surface area (Å²) in [6, 6.07) is 16.9. The molecule has 132 valence electrons. The van der Waals surface area contributed by atoms with Crippen molar-refractivity contribution in [2.45, 2.75) is 20.4 Å². The Labute approximate surface area is 148 Å². The molecule has 2 aromatic carbocycles. The van der Waals surface area contributed by atoms with Crippen LogP contribution in [0.3, 0.4) is 0 Å².